The van der Waals surface area contributed by atoms with E-state index in [1.54, 1.807) is 7.05 Å². The first-order chi connectivity index (χ1) is 12.5. The first-order valence-electron chi connectivity index (χ1n) is 8.86. The molecule has 1 saturated carbocycles. The average molecular weight is 372 g/mol. The molecule has 0 unspecified atom stereocenters. The summed E-state index contributed by atoms with van der Waals surface area (Å²) in [7, 11) is 5.77. The molecular weight excluding hydrogens is 346 g/mol. The van der Waals surface area contributed by atoms with Gasteiger partial charge in [0.1, 0.15) is 5.82 Å². The van der Waals surface area contributed by atoms with Crippen molar-refractivity contribution in [2.45, 2.75) is 24.8 Å². The van der Waals surface area contributed by atoms with E-state index in [1.165, 1.54) is 18.4 Å². The van der Waals surface area contributed by atoms with E-state index in [9.17, 15) is 0 Å². The Labute approximate surface area is 160 Å². The first kappa shape index (κ1) is 18.5. The molecule has 0 spiro atoms. The molecule has 6 heteroatoms. The Morgan fingerprint density at radius 2 is 1.96 bits per heavy atom. The maximum atomic E-state index is 6.15. The predicted octanol–water partition coefficient (Wildman–Crippen LogP) is 3.20. The lowest BCUT2D eigenvalue weighted by Gasteiger charge is -2.19. The van der Waals surface area contributed by atoms with Crippen LogP contribution < -0.4 is 15.5 Å². The molecule has 0 radical (unpaired) electrons. The van der Waals surface area contributed by atoms with Crippen LogP contribution in [0, 0.1) is 0 Å². The van der Waals surface area contributed by atoms with Crippen molar-refractivity contribution in [3.05, 3.63) is 58.7 Å². The first-order valence-corrected chi connectivity index (χ1v) is 9.24. The maximum Gasteiger partial charge on any atom is 0.191 e. The fourth-order valence-corrected chi connectivity index (χ4v) is 3.19. The monoisotopic (exact) mass is 371 g/mol. The summed E-state index contributed by atoms with van der Waals surface area (Å²) in [5.41, 5.74) is 2.45. The number of nitrogens with one attached hydrogen (secondary N) is 2. The molecular formula is C20H26ClN5. The number of benzene rings is 1. The lowest BCUT2D eigenvalue weighted by atomic mass is 9.96. The lowest BCUT2D eigenvalue weighted by molar-refractivity contribution is 0.644. The fraction of sp³-hybridized carbons (Fsp3) is 0.400. The zero-order valence-corrected chi connectivity index (χ0v) is 16.3. The van der Waals surface area contributed by atoms with Crippen LogP contribution in [0.2, 0.25) is 5.02 Å². The SMILES string of the molecule is CN=C(NCc1cccc(N(C)C)n1)NCC1(c2cccc(Cl)c2)CC1. The van der Waals surface area contributed by atoms with Crippen LogP contribution in [0.3, 0.4) is 0 Å². The van der Waals surface area contributed by atoms with Crippen LogP contribution in [-0.2, 0) is 12.0 Å². The Balaban J connectivity index is 1.56. The van der Waals surface area contributed by atoms with E-state index >= 15 is 0 Å². The van der Waals surface area contributed by atoms with Gasteiger partial charge in [0.2, 0.25) is 0 Å². The van der Waals surface area contributed by atoms with Gasteiger partial charge in [-0.1, -0.05) is 29.8 Å². The quantitative estimate of drug-likeness (QED) is 0.604. The number of anilines is 1. The summed E-state index contributed by atoms with van der Waals surface area (Å²) in [6.07, 6.45) is 2.34. The van der Waals surface area contributed by atoms with E-state index in [0.717, 1.165) is 29.0 Å². The van der Waals surface area contributed by atoms with E-state index in [2.05, 4.69) is 32.7 Å². The minimum absolute atomic E-state index is 0.172. The van der Waals surface area contributed by atoms with Crippen LogP contribution in [-0.4, -0.2) is 38.6 Å². The van der Waals surface area contributed by atoms with Crippen LogP contribution in [0.4, 0.5) is 5.82 Å². The van der Waals surface area contributed by atoms with Gasteiger partial charge in [0.05, 0.1) is 12.2 Å². The predicted molar refractivity (Wildman–Crippen MR) is 109 cm³/mol. The van der Waals surface area contributed by atoms with Crippen LogP contribution in [0.15, 0.2) is 47.5 Å². The Bertz CT molecular complexity index is 783. The van der Waals surface area contributed by atoms with Gasteiger partial charge >= 0.3 is 0 Å². The fourth-order valence-electron chi connectivity index (χ4n) is 3.00. The van der Waals surface area contributed by atoms with E-state index in [-0.39, 0.29) is 5.41 Å². The van der Waals surface area contributed by atoms with Crippen LogP contribution in [0.25, 0.3) is 0 Å². The Hall–Kier alpha value is -2.27. The highest BCUT2D eigenvalue weighted by Crippen LogP contribution is 2.48. The van der Waals surface area contributed by atoms with Gasteiger partial charge < -0.3 is 15.5 Å². The number of hydrogen-bond donors (Lipinski definition) is 2. The topological polar surface area (TPSA) is 52.6 Å². The Morgan fingerprint density at radius 3 is 2.62 bits per heavy atom. The molecule has 3 rings (SSSR count). The smallest absolute Gasteiger partial charge is 0.191 e. The second-order valence-electron chi connectivity index (χ2n) is 6.95. The van der Waals surface area contributed by atoms with Crippen molar-refractivity contribution in [2.24, 2.45) is 4.99 Å². The maximum absolute atomic E-state index is 6.15. The van der Waals surface area contributed by atoms with E-state index in [0.29, 0.717) is 6.54 Å². The van der Waals surface area contributed by atoms with Gasteiger partial charge in [-0.3, -0.25) is 4.99 Å². The van der Waals surface area contributed by atoms with E-state index in [4.69, 9.17) is 11.6 Å². The minimum atomic E-state index is 0.172. The molecule has 1 aromatic carbocycles. The number of guanidine groups is 1. The number of aromatic nitrogens is 1. The molecule has 0 saturated heterocycles. The van der Waals surface area contributed by atoms with Crippen molar-refractivity contribution in [1.29, 1.82) is 0 Å². The van der Waals surface area contributed by atoms with Crippen molar-refractivity contribution in [1.82, 2.24) is 15.6 Å². The number of rotatable bonds is 6. The molecule has 26 heavy (non-hydrogen) atoms. The zero-order valence-electron chi connectivity index (χ0n) is 15.6. The molecule has 1 heterocycles. The van der Waals surface area contributed by atoms with Gasteiger partial charge in [0.15, 0.2) is 5.96 Å². The summed E-state index contributed by atoms with van der Waals surface area (Å²) < 4.78 is 0. The van der Waals surface area contributed by atoms with Gasteiger partial charge in [-0.15, -0.1) is 0 Å². The molecule has 0 amide bonds. The van der Waals surface area contributed by atoms with Crippen molar-refractivity contribution >= 4 is 23.4 Å². The molecule has 5 nitrogen and oxygen atoms in total. The summed E-state index contributed by atoms with van der Waals surface area (Å²) in [5.74, 6) is 1.74. The van der Waals surface area contributed by atoms with E-state index < -0.39 is 0 Å². The summed E-state index contributed by atoms with van der Waals surface area (Å²) >= 11 is 6.15. The molecule has 0 atom stereocenters. The Morgan fingerprint density at radius 1 is 1.19 bits per heavy atom. The molecule has 1 aliphatic carbocycles. The lowest BCUT2D eigenvalue weighted by Crippen LogP contribution is -2.41. The second-order valence-corrected chi connectivity index (χ2v) is 7.39. The highest BCUT2D eigenvalue weighted by Gasteiger charge is 2.44. The van der Waals surface area contributed by atoms with Crippen molar-refractivity contribution < 1.29 is 0 Å². The van der Waals surface area contributed by atoms with Crippen LogP contribution in [0.1, 0.15) is 24.1 Å². The third-order valence-corrected chi connectivity index (χ3v) is 5.03. The number of halogens is 1. The van der Waals surface area contributed by atoms with Crippen LogP contribution >= 0.6 is 11.6 Å². The molecule has 1 aliphatic rings. The molecule has 2 N–H and O–H groups in total. The molecule has 0 aliphatic heterocycles. The minimum Gasteiger partial charge on any atom is -0.363 e. The standard InChI is InChI=1S/C20H26ClN5/c1-22-19(23-13-17-8-5-9-18(25-17)26(2)3)24-14-20(10-11-20)15-6-4-7-16(21)12-15/h4-9,12H,10-11,13-14H2,1-3H3,(H2,22,23,24). The molecule has 2 aromatic rings. The summed E-state index contributed by atoms with van der Waals surface area (Å²) in [6.45, 7) is 1.48. The average Bonchev–Trinajstić information content (AvgIpc) is 3.43. The zero-order chi connectivity index (χ0) is 18.6. The van der Waals surface area contributed by atoms with Gasteiger partial charge in [-0.05, 0) is 42.7 Å². The van der Waals surface area contributed by atoms with Crippen molar-refractivity contribution in [3.8, 4) is 0 Å². The van der Waals surface area contributed by atoms with Gasteiger partial charge in [0.25, 0.3) is 0 Å². The van der Waals surface area contributed by atoms with Gasteiger partial charge in [-0.2, -0.15) is 0 Å². The third-order valence-electron chi connectivity index (χ3n) is 4.80. The number of aliphatic imine (C=N–C) groups is 1. The highest BCUT2D eigenvalue weighted by atomic mass is 35.5. The van der Waals surface area contributed by atoms with Crippen molar-refractivity contribution in [3.63, 3.8) is 0 Å². The third kappa shape index (κ3) is 4.47. The summed E-state index contributed by atoms with van der Waals surface area (Å²) in [5, 5.41) is 7.60. The highest BCUT2D eigenvalue weighted by molar-refractivity contribution is 6.30. The normalized spacial score (nSPS) is 15.5. The molecule has 138 valence electrons. The van der Waals surface area contributed by atoms with E-state index in [1.807, 2.05) is 49.3 Å². The number of hydrogen-bond acceptors (Lipinski definition) is 3. The molecule has 1 fully saturated rings. The summed E-state index contributed by atoms with van der Waals surface area (Å²) in [6, 6.07) is 14.2. The second kappa shape index (κ2) is 7.96. The van der Waals surface area contributed by atoms with Gasteiger partial charge in [0, 0.05) is 38.1 Å². The van der Waals surface area contributed by atoms with Crippen LogP contribution in [0.5, 0.6) is 0 Å². The summed E-state index contributed by atoms with van der Waals surface area (Å²) in [4.78, 5) is 11.0. The molecule has 0 bridgehead atoms. The van der Waals surface area contributed by atoms with Gasteiger partial charge in [-0.25, -0.2) is 4.98 Å². The number of nitrogens with zero attached hydrogens (tertiary/aromatic N) is 3. The van der Waals surface area contributed by atoms with Crippen molar-refractivity contribution in [2.75, 3.05) is 32.6 Å². The number of pyridine rings is 1. The largest absolute Gasteiger partial charge is 0.363 e. The molecule has 1 aromatic heterocycles. The Kier molecular flexibility index (Phi) is 5.67.